The summed E-state index contributed by atoms with van der Waals surface area (Å²) in [6, 6.07) is 3.78. The molecule has 0 aliphatic carbocycles. The van der Waals surface area contributed by atoms with Gasteiger partial charge >= 0.3 is 5.97 Å². The highest BCUT2D eigenvalue weighted by atomic mass is 16.5. The lowest BCUT2D eigenvalue weighted by Gasteiger charge is -2.13. The number of esters is 1. The Bertz CT molecular complexity index is 1000. The number of anilines is 1. The van der Waals surface area contributed by atoms with Crippen LogP contribution in [-0.4, -0.2) is 37.1 Å². The van der Waals surface area contributed by atoms with Crippen LogP contribution in [-0.2, 0) is 16.6 Å². The molecule has 0 spiro atoms. The Morgan fingerprint density at radius 2 is 2.00 bits per heavy atom. The second-order valence-electron chi connectivity index (χ2n) is 6.30. The third-order valence-electron chi connectivity index (χ3n) is 4.24. The van der Waals surface area contributed by atoms with Gasteiger partial charge in [-0.05, 0) is 45.4 Å². The summed E-state index contributed by atoms with van der Waals surface area (Å²) in [6.45, 7) is 7.12. The number of carbonyl (C=O) groups is 2. The number of hydrogen-bond acceptors (Lipinski definition) is 5. The molecule has 0 fully saturated rings. The lowest BCUT2D eigenvalue weighted by atomic mass is 10.3. The predicted octanol–water partition coefficient (Wildman–Crippen LogP) is 2.18. The standard InChI is InChI=1S/C18H21N5O3/c1-10-6-7-23-9-14(19-15(23)8-10)18(25)26-13(4)17(24)20-16-11(2)21-22(5)12(16)3/h6-9,13H,1-5H3,(H,20,24). The second kappa shape index (κ2) is 6.62. The fraction of sp³-hybridized carbons (Fsp3) is 0.333. The number of nitrogens with one attached hydrogen (secondary N) is 1. The summed E-state index contributed by atoms with van der Waals surface area (Å²) in [5.74, 6) is -1.06. The first-order valence-corrected chi connectivity index (χ1v) is 8.23. The van der Waals surface area contributed by atoms with Crippen molar-refractivity contribution in [1.29, 1.82) is 0 Å². The van der Waals surface area contributed by atoms with E-state index in [4.69, 9.17) is 4.74 Å². The lowest BCUT2D eigenvalue weighted by molar-refractivity contribution is -0.123. The van der Waals surface area contributed by atoms with E-state index in [-0.39, 0.29) is 5.69 Å². The van der Waals surface area contributed by atoms with Crippen LogP contribution in [0.1, 0.15) is 34.4 Å². The number of pyridine rings is 1. The van der Waals surface area contributed by atoms with Gasteiger partial charge in [-0.15, -0.1) is 0 Å². The van der Waals surface area contributed by atoms with E-state index in [0.29, 0.717) is 17.0 Å². The van der Waals surface area contributed by atoms with Crippen LogP contribution in [0.25, 0.3) is 5.65 Å². The molecule has 26 heavy (non-hydrogen) atoms. The number of carbonyl (C=O) groups excluding carboxylic acids is 2. The normalized spacial score (nSPS) is 12.2. The summed E-state index contributed by atoms with van der Waals surface area (Å²) < 4.78 is 8.68. The summed E-state index contributed by atoms with van der Waals surface area (Å²) in [5.41, 5.74) is 4.00. The van der Waals surface area contributed by atoms with Gasteiger partial charge in [0, 0.05) is 19.4 Å². The van der Waals surface area contributed by atoms with Gasteiger partial charge in [0.2, 0.25) is 0 Å². The highest BCUT2D eigenvalue weighted by Gasteiger charge is 2.23. The van der Waals surface area contributed by atoms with E-state index in [1.807, 2.05) is 32.2 Å². The van der Waals surface area contributed by atoms with E-state index in [9.17, 15) is 9.59 Å². The van der Waals surface area contributed by atoms with Crippen LogP contribution in [0.2, 0.25) is 0 Å². The molecule has 0 saturated heterocycles. The molecule has 0 aliphatic heterocycles. The van der Waals surface area contributed by atoms with Crippen molar-refractivity contribution >= 4 is 23.2 Å². The van der Waals surface area contributed by atoms with Crippen molar-refractivity contribution in [3.05, 3.63) is 47.2 Å². The van der Waals surface area contributed by atoms with E-state index in [1.165, 1.54) is 6.92 Å². The van der Waals surface area contributed by atoms with Gasteiger partial charge in [-0.25, -0.2) is 9.78 Å². The van der Waals surface area contributed by atoms with E-state index in [0.717, 1.165) is 11.3 Å². The van der Waals surface area contributed by atoms with Gasteiger partial charge in [-0.1, -0.05) is 0 Å². The van der Waals surface area contributed by atoms with Crippen molar-refractivity contribution in [2.24, 2.45) is 7.05 Å². The number of fused-ring (bicyclic) bond motifs is 1. The highest BCUT2D eigenvalue weighted by Crippen LogP contribution is 2.19. The average molecular weight is 355 g/mol. The fourth-order valence-corrected chi connectivity index (χ4v) is 2.64. The molecule has 1 unspecified atom stereocenters. The first-order chi connectivity index (χ1) is 12.3. The minimum absolute atomic E-state index is 0.156. The molecule has 0 aromatic carbocycles. The zero-order valence-electron chi connectivity index (χ0n) is 15.4. The molecular formula is C18H21N5O3. The minimum atomic E-state index is -0.965. The third kappa shape index (κ3) is 3.30. The topological polar surface area (TPSA) is 90.5 Å². The number of nitrogens with zero attached hydrogens (tertiary/aromatic N) is 4. The number of amides is 1. The predicted molar refractivity (Wildman–Crippen MR) is 96.1 cm³/mol. The molecule has 136 valence electrons. The molecule has 0 aliphatic rings. The van der Waals surface area contributed by atoms with Gasteiger partial charge in [0.25, 0.3) is 5.91 Å². The molecule has 1 atom stereocenters. The Morgan fingerprint density at radius 3 is 2.65 bits per heavy atom. The minimum Gasteiger partial charge on any atom is -0.448 e. The molecule has 3 aromatic rings. The molecule has 3 aromatic heterocycles. The second-order valence-corrected chi connectivity index (χ2v) is 6.30. The Morgan fingerprint density at radius 1 is 1.27 bits per heavy atom. The van der Waals surface area contributed by atoms with Crippen LogP contribution in [0.4, 0.5) is 5.69 Å². The monoisotopic (exact) mass is 355 g/mol. The largest absolute Gasteiger partial charge is 0.448 e. The smallest absolute Gasteiger partial charge is 0.359 e. The van der Waals surface area contributed by atoms with Gasteiger partial charge in [0.15, 0.2) is 11.8 Å². The van der Waals surface area contributed by atoms with Crippen molar-refractivity contribution in [1.82, 2.24) is 19.2 Å². The summed E-state index contributed by atoms with van der Waals surface area (Å²) >= 11 is 0. The molecule has 1 N–H and O–H groups in total. The number of hydrogen-bond donors (Lipinski definition) is 1. The zero-order valence-corrected chi connectivity index (χ0v) is 15.4. The Hall–Kier alpha value is -3.16. The number of rotatable bonds is 4. The van der Waals surface area contributed by atoms with Crippen LogP contribution in [0.3, 0.4) is 0 Å². The van der Waals surface area contributed by atoms with Crippen LogP contribution in [0, 0.1) is 20.8 Å². The molecular weight excluding hydrogens is 334 g/mol. The van der Waals surface area contributed by atoms with E-state index < -0.39 is 18.0 Å². The highest BCUT2D eigenvalue weighted by molar-refractivity contribution is 5.97. The van der Waals surface area contributed by atoms with E-state index >= 15 is 0 Å². The maximum Gasteiger partial charge on any atom is 0.359 e. The molecule has 0 radical (unpaired) electrons. The summed E-state index contributed by atoms with van der Waals surface area (Å²) in [7, 11) is 1.80. The number of aromatic nitrogens is 4. The Kier molecular flexibility index (Phi) is 4.50. The van der Waals surface area contributed by atoms with Crippen LogP contribution < -0.4 is 5.32 Å². The van der Waals surface area contributed by atoms with E-state index in [1.54, 1.807) is 29.3 Å². The Balaban J connectivity index is 1.70. The number of ether oxygens (including phenoxy) is 1. The average Bonchev–Trinajstić information content (AvgIpc) is 3.10. The van der Waals surface area contributed by atoms with E-state index in [2.05, 4.69) is 15.4 Å². The molecule has 0 saturated carbocycles. The molecule has 3 heterocycles. The first kappa shape index (κ1) is 17.7. The SMILES string of the molecule is Cc1ccn2cc(C(=O)OC(C)C(=O)Nc3c(C)nn(C)c3C)nc2c1. The Labute approximate surface area is 150 Å². The number of imidazole rings is 1. The zero-order chi connectivity index (χ0) is 19.0. The lowest BCUT2D eigenvalue weighted by Crippen LogP contribution is -2.30. The fourth-order valence-electron chi connectivity index (χ4n) is 2.64. The third-order valence-corrected chi connectivity index (χ3v) is 4.24. The van der Waals surface area contributed by atoms with Gasteiger partial charge in [0.05, 0.1) is 17.1 Å². The van der Waals surface area contributed by atoms with Crippen molar-refractivity contribution in [2.75, 3.05) is 5.32 Å². The van der Waals surface area contributed by atoms with Crippen molar-refractivity contribution < 1.29 is 14.3 Å². The van der Waals surface area contributed by atoms with Crippen LogP contribution in [0.15, 0.2) is 24.5 Å². The van der Waals surface area contributed by atoms with Crippen molar-refractivity contribution in [3.63, 3.8) is 0 Å². The van der Waals surface area contributed by atoms with Gasteiger partial charge in [-0.2, -0.15) is 5.10 Å². The van der Waals surface area contributed by atoms with Crippen molar-refractivity contribution in [3.8, 4) is 0 Å². The quantitative estimate of drug-likeness (QED) is 0.725. The number of aryl methyl sites for hydroxylation is 3. The van der Waals surface area contributed by atoms with Crippen LogP contribution in [0.5, 0.6) is 0 Å². The summed E-state index contributed by atoms with van der Waals surface area (Å²) in [6.07, 6.45) is 2.43. The summed E-state index contributed by atoms with van der Waals surface area (Å²) in [4.78, 5) is 28.9. The van der Waals surface area contributed by atoms with Gasteiger partial charge < -0.3 is 14.5 Å². The van der Waals surface area contributed by atoms with Crippen LogP contribution >= 0.6 is 0 Å². The molecule has 1 amide bonds. The molecule has 3 rings (SSSR count). The van der Waals surface area contributed by atoms with Gasteiger partial charge in [-0.3, -0.25) is 9.48 Å². The maximum atomic E-state index is 12.4. The maximum absolute atomic E-state index is 12.4. The molecule has 8 heteroatoms. The molecule has 8 nitrogen and oxygen atoms in total. The molecule has 0 bridgehead atoms. The summed E-state index contributed by atoms with van der Waals surface area (Å²) in [5, 5.41) is 7.01. The van der Waals surface area contributed by atoms with Gasteiger partial charge in [0.1, 0.15) is 5.65 Å². The first-order valence-electron chi connectivity index (χ1n) is 8.23. The van der Waals surface area contributed by atoms with Crippen molar-refractivity contribution in [2.45, 2.75) is 33.8 Å².